The molecule has 0 radical (unpaired) electrons. The summed E-state index contributed by atoms with van der Waals surface area (Å²) in [6.07, 6.45) is 0.991. The number of hydrogen-bond acceptors (Lipinski definition) is 4. The molecule has 4 aromatic rings. The van der Waals surface area contributed by atoms with E-state index in [9.17, 15) is 4.79 Å². The monoisotopic (exact) mass is 439 g/mol. The third kappa shape index (κ3) is 5.21. The highest BCUT2D eigenvalue weighted by Crippen LogP contribution is 2.37. The number of nitrogens with two attached hydrogens (primary N) is 1. The fourth-order valence-corrected chi connectivity index (χ4v) is 4.06. The van der Waals surface area contributed by atoms with Gasteiger partial charge in [-0.1, -0.05) is 85.8 Å². The van der Waals surface area contributed by atoms with Crippen molar-refractivity contribution in [2.45, 2.75) is 25.8 Å². The first kappa shape index (κ1) is 22.5. The molecule has 1 heterocycles. The van der Waals surface area contributed by atoms with Gasteiger partial charge in [0.15, 0.2) is 0 Å². The van der Waals surface area contributed by atoms with Crippen molar-refractivity contribution in [1.29, 1.82) is 0 Å². The Morgan fingerprint density at radius 2 is 1.64 bits per heavy atom. The van der Waals surface area contributed by atoms with Gasteiger partial charge >= 0.3 is 0 Å². The number of carbonyl (C=O) groups excluding carboxylic acids is 1. The Labute approximate surface area is 194 Å². The molecule has 0 saturated heterocycles. The summed E-state index contributed by atoms with van der Waals surface area (Å²) < 4.78 is 6.13. The summed E-state index contributed by atoms with van der Waals surface area (Å²) in [5.74, 6) is 0.562. The fraction of sp³-hybridized carbons (Fsp3) is 0.214. The van der Waals surface area contributed by atoms with Crippen LogP contribution in [0.3, 0.4) is 0 Å². The summed E-state index contributed by atoms with van der Waals surface area (Å²) in [6, 6.07) is 27.8. The Morgan fingerprint density at radius 3 is 2.33 bits per heavy atom. The second kappa shape index (κ2) is 10.7. The molecule has 33 heavy (non-hydrogen) atoms. The maximum Gasteiger partial charge on any atom is 0.225 e. The van der Waals surface area contributed by atoms with Gasteiger partial charge in [-0.3, -0.25) is 4.79 Å². The Balaban J connectivity index is 1.75. The molecule has 3 N–H and O–H groups in total. The molecule has 5 heteroatoms. The Hall–Kier alpha value is -3.70. The second-order valence-corrected chi connectivity index (χ2v) is 7.90. The molecule has 168 valence electrons. The summed E-state index contributed by atoms with van der Waals surface area (Å²) in [4.78, 5) is 18.2. The van der Waals surface area contributed by atoms with E-state index in [1.807, 2.05) is 84.9 Å². The predicted molar refractivity (Wildman–Crippen MR) is 133 cm³/mol. The van der Waals surface area contributed by atoms with Crippen molar-refractivity contribution in [3.05, 3.63) is 96.1 Å². The number of nitrogens with zero attached hydrogens (tertiary/aromatic N) is 1. The van der Waals surface area contributed by atoms with Gasteiger partial charge in [-0.05, 0) is 18.1 Å². The topological polar surface area (TPSA) is 77.2 Å². The Morgan fingerprint density at radius 1 is 0.970 bits per heavy atom. The van der Waals surface area contributed by atoms with Gasteiger partial charge in [-0.2, -0.15) is 0 Å². The smallest absolute Gasteiger partial charge is 0.225 e. The van der Waals surface area contributed by atoms with E-state index in [1.165, 1.54) is 0 Å². The van der Waals surface area contributed by atoms with Gasteiger partial charge in [0, 0.05) is 23.1 Å². The summed E-state index contributed by atoms with van der Waals surface area (Å²) in [7, 11) is 0. The highest BCUT2D eigenvalue weighted by molar-refractivity contribution is 5.93. The SMILES string of the molecule is CC[C@H](NC(=O)Cc1c(OCCN)c(-c2ccccc2)nc2ccccc12)c1ccccc1. The third-order valence-corrected chi connectivity index (χ3v) is 5.64. The fourth-order valence-electron chi connectivity index (χ4n) is 4.06. The molecule has 1 amide bonds. The number of carbonyl (C=O) groups is 1. The van der Waals surface area contributed by atoms with E-state index in [4.69, 9.17) is 15.5 Å². The number of benzene rings is 3. The van der Waals surface area contributed by atoms with Crippen LogP contribution in [0.15, 0.2) is 84.9 Å². The minimum atomic E-state index is -0.0568. The zero-order chi connectivity index (χ0) is 23.0. The van der Waals surface area contributed by atoms with Crippen LogP contribution in [0.25, 0.3) is 22.2 Å². The van der Waals surface area contributed by atoms with Crippen molar-refractivity contribution < 1.29 is 9.53 Å². The molecule has 0 saturated carbocycles. The first-order valence-corrected chi connectivity index (χ1v) is 11.4. The second-order valence-electron chi connectivity index (χ2n) is 7.90. The molecular formula is C28H29N3O2. The van der Waals surface area contributed by atoms with E-state index in [0.29, 0.717) is 18.9 Å². The quantitative estimate of drug-likeness (QED) is 0.383. The minimum absolute atomic E-state index is 0.0474. The Kier molecular flexibility index (Phi) is 7.33. The average Bonchev–Trinajstić information content (AvgIpc) is 2.87. The van der Waals surface area contributed by atoms with E-state index >= 15 is 0 Å². The Bertz CT molecular complexity index is 1210. The normalized spacial score (nSPS) is 11.8. The van der Waals surface area contributed by atoms with E-state index < -0.39 is 0 Å². The number of rotatable bonds is 9. The van der Waals surface area contributed by atoms with E-state index in [-0.39, 0.29) is 18.4 Å². The molecule has 1 aromatic heterocycles. The van der Waals surface area contributed by atoms with Gasteiger partial charge in [-0.25, -0.2) is 4.98 Å². The van der Waals surface area contributed by atoms with E-state index in [0.717, 1.165) is 39.7 Å². The highest BCUT2D eigenvalue weighted by atomic mass is 16.5. The van der Waals surface area contributed by atoms with E-state index in [2.05, 4.69) is 12.2 Å². The molecular weight excluding hydrogens is 410 g/mol. The van der Waals surface area contributed by atoms with Crippen molar-refractivity contribution in [3.8, 4) is 17.0 Å². The van der Waals surface area contributed by atoms with Gasteiger partial charge in [0.1, 0.15) is 18.1 Å². The minimum Gasteiger partial charge on any atom is -0.490 e. The van der Waals surface area contributed by atoms with Crippen LogP contribution in [0.4, 0.5) is 0 Å². The molecule has 0 aliphatic rings. The maximum atomic E-state index is 13.3. The zero-order valence-electron chi connectivity index (χ0n) is 18.8. The predicted octanol–water partition coefficient (Wildman–Crippen LogP) is 5.05. The summed E-state index contributed by atoms with van der Waals surface area (Å²) in [5, 5.41) is 4.11. The molecule has 3 aromatic carbocycles. The molecule has 5 nitrogen and oxygen atoms in total. The van der Waals surface area contributed by atoms with Crippen molar-refractivity contribution >= 4 is 16.8 Å². The number of para-hydroxylation sites is 1. The third-order valence-electron chi connectivity index (χ3n) is 5.64. The first-order chi connectivity index (χ1) is 16.2. The molecule has 0 spiro atoms. The van der Waals surface area contributed by atoms with Gasteiger partial charge in [0.05, 0.1) is 18.0 Å². The molecule has 0 bridgehead atoms. The first-order valence-electron chi connectivity index (χ1n) is 11.4. The molecule has 0 aliphatic heterocycles. The maximum absolute atomic E-state index is 13.3. The molecule has 4 rings (SSSR count). The number of ether oxygens (including phenoxy) is 1. The number of fused-ring (bicyclic) bond motifs is 1. The number of hydrogen-bond donors (Lipinski definition) is 2. The van der Waals surface area contributed by atoms with Gasteiger partial charge in [0.2, 0.25) is 5.91 Å². The number of pyridine rings is 1. The van der Waals surface area contributed by atoms with Crippen LogP contribution in [-0.4, -0.2) is 24.0 Å². The molecule has 0 fully saturated rings. The summed E-state index contributed by atoms with van der Waals surface area (Å²) in [5.41, 5.74) is 10.2. The lowest BCUT2D eigenvalue weighted by atomic mass is 9.99. The van der Waals surface area contributed by atoms with Crippen LogP contribution in [0.2, 0.25) is 0 Å². The number of aromatic nitrogens is 1. The van der Waals surface area contributed by atoms with Crippen LogP contribution in [0.1, 0.15) is 30.5 Å². The number of nitrogens with one attached hydrogen (secondary N) is 1. The van der Waals surface area contributed by atoms with Crippen molar-refractivity contribution in [2.75, 3.05) is 13.2 Å². The number of amides is 1. The van der Waals surface area contributed by atoms with Crippen LogP contribution in [0.5, 0.6) is 5.75 Å². The molecule has 0 unspecified atom stereocenters. The average molecular weight is 440 g/mol. The van der Waals surface area contributed by atoms with Crippen LogP contribution in [-0.2, 0) is 11.2 Å². The van der Waals surface area contributed by atoms with Gasteiger partial charge in [0.25, 0.3) is 0 Å². The largest absolute Gasteiger partial charge is 0.490 e. The van der Waals surface area contributed by atoms with Crippen LogP contribution >= 0.6 is 0 Å². The summed E-state index contributed by atoms with van der Waals surface area (Å²) in [6.45, 7) is 2.79. The van der Waals surface area contributed by atoms with Crippen molar-refractivity contribution in [2.24, 2.45) is 5.73 Å². The van der Waals surface area contributed by atoms with Gasteiger partial charge in [-0.15, -0.1) is 0 Å². The lowest BCUT2D eigenvalue weighted by Gasteiger charge is -2.20. The van der Waals surface area contributed by atoms with Crippen molar-refractivity contribution in [1.82, 2.24) is 10.3 Å². The lowest BCUT2D eigenvalue weighted by molar-refractivity contribution is -0.121. The zero-order valence-corrected chi connectivity index (χ0v) is 18.8. The highest BCUT2D eigenvalue weighted by Gasteiger charge is 2.21. The summed E-state index contributed by atoms with van der Waals surface area (Å²) >= 11 is 0. The van der Waals surface area contributed by atoms with Crippen molar-refractivity contribution in [3.63, 3.8) is 0 Å². The van der Waals surface area contributed by atoms with Gasteiger partial charge < -0.3 is 15.8 Å². The van der Waals surface area contributed by atoms with Crippen LogP contribution < -0.4 is 15.8 Å². The molecule has 0 aliphatic carbocycles. The molecule has 1 atom stereocenters. The standard InChI is InChI=1S/C28H29N3O2/c1-2-24(20-11-5-3-6-12-20)30-26(32)19-23-22-15-9-10-16-25(22)31-27(28(23)33-18-17-29)21-13-7-4-8-14-21/h3-16,24H,2,17-19,29H2,1H3,(H,30,32)/t24-/m0/s1. The van der Waals surface area contributed by atoms with Crippen LogP contribution in [0, 0.1) is 0 Å². The van der Waals surface area contributed by atoms with E-state index in [1.54, 1.807) is 0 Å². The lowest BCUT2D eigenvalue weighted by Crippen LogP contribution is -2.29.